The monoisotopic (exact) mass is 311 g/mol. The summed E-state index contributed by atoms with van der Waals surface area (Å²) in [5.74, 6) is -1.76. The van der Waals surface area contributed by atoms with Crippen LogP contribution in [0.5, 0.6) is 0 Å². The summed E-state index contributed by atoms with van der Waals surface area (Å²) in [6, 6.07) is 3.30. The van der Waals surface area contributed by atoms with Crippen molar-refractivity contribution in [3.05, 3.63) is 35.4 Å². The number of carbonyl (C=O) groups is 1. The highest BCUT2D eigenvalue weighted by Gasteiger charge is 2.41. The molecule has 1 unspecified atom stereocenters. The minimum absolute atomic E-state index is 0.116. The summed E-state index contributed by atoms with van der Waals surface area (Å²) in [4.78, 5) is 11.9. The number of esters is 1. The van der Waals surface area contributed by atoms with Gasteiger partial charge in [0.2, 0.25) is 0 Å². The van der Waals surface area contributed by atoms with Crippen LogP contribution in [-0.2, 0) is 14.3 Å². The Bertz CT molecular complexity index is 562. The third kappa shape index (κ3) is 3.13. The minimum atomic E-state index is -0.890. The Hall–Kier alpha value is -1.53. The van der Waals surface area contributed by atoms with E-state index in [9.17, 15) is 13.6 Å². The molecule has 0 spiro atoms. The van der Waals surface area contributed by atoms with E-state index >= 15 is 0 Å². The average Bonchev–Trinajstić information content (AvgIpc) is 3.25. The van der Waals surface area contributed by atoms with Crippen molar-refractivity contribution in [2.24, 2.45) is 5.92 Å². The first-order valence-electron chi connectivity index (χ1n) is 7.50. The zero-order valence-corrected chi connectivity index (χ0v) is 12.4. The molecule has 0 radical (unpaired) electrons. The fourth-order valence-corrected chi connectivity index (χ4v) is 2.96. The van der Waals surface area contributed by atoms with E-state index in [-0.39, 0.29) is 24.2 Å². The fourth-order valence-electron chi connectivity index (χ4n) is 2.96. The van der Waals surface area contributed by atoms with E-state index in [4.69, 9.17) is 9.47 Å². The topological polar surface area (TPSA) is 47.6 Å². The van der Waals surface area contributed by atoms with Crippen LogP contribution >= 0.6 is 0 Å². The van der Waals surface area contributed by atoms with E-state index in [2.05, 4.69) is 5.32 Å². The van der Waals surface area contributed by atoms with Crippen LogP contribution in [0.2, 0.25) is 0 Å². The summed E-state index contributed by atoms with van der Waals surface area (Å²) in [5, 5.41) is 3.30. The number of hydrogen-bond acceptors (Lipinski definition) is 4. The molecule has 0 amide bonds. The molecule has 0 bridgehead atoms. The Balaban J connectivity index is 1.74. The van der Waals surface area contributed by atoms with Crippen LogP contribution in [-0.4, -0.2) is 31.8 Å². The lowest BCUT2D eigenvalue weighted by molar-refractivity contribution is -0.144. The molecule has 3 rings (SSSR count). The van der Waals surface area contributed by atoms with Crippen LogP contribution in [0, 0.1) is 17.6 Å². The maximum atomic E-state index is 13.4. The smallest absolute Gasteiger partial charge is 0.323 e. The Morgan fingerprint density at radius 1 is 1.32 bits per heavy atom. The summed E-state index contributed by atoms with van der Waals surface area (Å²) in [5.41, 5.74) is 0.577. The van der Waals surface area contributed by atoms with Crippen molar-refractivity contribution in [2.45, 2.75) is 37.5 Å². The van der Waals surface area contributed by atoms with E-state index in [0.29, 0.717) is 24.5 Å². The Morgan fingerprint density at radius 2 is 2.09 bits per heavy atom. The average molecular weight is 311 g/mol. The maximum absolute atomic E-state index is 13.4. The number of nitrogens with one attached hydrogen (secondary N) is 1. The zero-order chi connectivity index (χ0) is 15.7. The second-order valence-electron chi connectivity index (χ2n) is 5.87. The largest absolute Gasteiger partial charge is 0.468 e. The first kappa shape index (κ1) is 15.4. The fraction of sp³-hybridized carbons (Fsp3) is 0.562. The van der Waals surface area contributed by atoms with E-state index in [1.807, 2.05) is 0 Å². The number of methoxy groups -OCH3 is 1. The molecule has 2 aliphatic rings. The molecule has 1 aromatic carbocycles. The van der Waals surface area contributed by atoms with Crippen LogP contribution < -0.4 is 5.32 Å². The summed E-state index contributed by atoms with van der Waals surface area (Å²) in [7, 11) is 1.37. The van der Waals surface area contributed by atoms with Gasteiger partial charge in [0.05, 0.1) is 13.2 Å². The minimum Gasteiger partial charge on any atom is -0.468 e. The Morgan fingerprint density at radius 3 is 2.73 bits per heavy atom. The van der Waals surface area contributed by atoms with Crippen LogP contribution in [0.25, 0.3) is 0 Å². The molecule has 1 saturated carbocycles. The van der Waals surface area contributed by atoms with Crippen molar-refractivity contribution >= 4 is 5.97 Å². The molecular weight excluding hydrogens is 292 g/mol. The first-order chi connectivity index (χ1) is 10.6. The highest BCUT2D eigenvalue weighted by atomic mass is 19.2. The highest BCUT2D eigenvalue weighted by Crippen LogP contribution is 2.36. The molecule has 1 aliphatic carbocycles. The molecule has 1 saturated heterocycles. The molecule has 3 atom stereocenters. The predicted molar refractivity (Wildman–Crippen MR) is 75.1 cm³/mol. The maximum Gasteiger partial charge on any atom is 0.323 e. The molecule has 4 nitrogen and oxygen atoms in total. The number of rotatable bonds is 5. The van der Waals surface area contributed by atoms with E-state index in [1.54, 1.807) is 0 Å². The molecule has 1 aromatic rings. The van der Waals surface area contributed by atoms with E-state index in [1.165, 1.54) is 13.2 Å². The normalized spacial score (nSPS) is 26.0. The van der Waals surface area contributed by atoms with Crippen molar-refractivity contribution < 1.29 is 23.0 Å². The third-order valence-corrected chi connectivity index (χ3v) is 4.31. The summed E-state index contributed by atoms with van der Waals surface area (Å²) >= 11 is 0. The van der Waals surface area contributed by atoms with Gasteiger partial charge in [-0.05, 0) is 42.9 Å². The van der Waals surface area contributed by atoms with Gasteiger partial charge in [-0.15, -0.1) is 0 Å². The van der Waals surface area contributed by atoms with Crippen LogP contribution in [0.15, 0.2) is 18.2 Å². The third-order valence-electron chi connectivity index (χ3n) is 4.31. The molecule has 2 fully saturated rings. The van der Waals surface area contributed by atoms with Gasteiger partial charge in [-0.3, -0.25) is 10.1 Å². The van der Waals surface area contributed by atoms with Crippen molar-refractivity contribution in [1.82, 2.24) is 5.32 Å². The van der Waals surface area contributed by atoms with E-state index in [0.717, 1.165) is 25.0 Å². The van der Waals surface area contributed by atoms with Crippen LogP contribution in [0.4, 0.5) is 8.78 Å². The van der Waals surface area contributed by atoms with Gasteiger partial charge in [-0.25, -0.2) is 8.78 Å². The Labute approximate surface area is 127 Å². The van der Waals surface area contributed by atoms with Gasteiger partial charge >= 0.3 is 5.97 Å². The van der Waals surface area contributed by atoms with Gasteiger partial charge in [0, 0.05) is 12.6 Å². The van der Waals surface area contributed by atoms with Gasteiger partial charge in [-0.2, -0.15) is 0 Å². The number of carbonyl (C=O) groups excluding carboxylic acids is 1. The molecule has 1 N–H and O–H groups in total. The first-order valence-corrected chi connectivity index (χ1v) is 7.50. The van der Waals surface area contributed by atoms with Crippen molar-refractivity contribution in [1.29, 1.82) is 0 Å². The van der Waals surface area contributed by atoms with Crippen LogP contribution in [0.3, 0.4) is 0 Å². The SMILES string of the molecule is COC(=O)C(N[C@@H]1CCO[C@H]1c1ccc(F)c(F)c1)C1CC1. The molecule has 0 aromatic heterocycles. The summed E-state index contributed by atoms with van der Waals surface area (Å²) < 4.78 is 37.0. The Kier molecular flexibility index (Phi) is 4.40. The molecule has 1 heterocycles. The lowest BCUT2D eigenvalue weighted by Crippen LogP contribution is -2.46. The van der Waals surface area contributed by atoms with Crippen molar-refractivity contribution in [3.8, 4) is 0 Å². The molecule has 6 heteroatoms. The molecule has 1 aliphatic heterocycles. The van der Waals surface area contributed by atoms with Crippen molar-refractivity contribution in [3.63, 3.8) is 0 Å². The molecular formula is C16H19F2NO3. The lowest BCUT2D eigenvalue weighted by atomic mass is 10.00. The number of ether oxygens (including phenoxy) is 2. The number of benzene rings is 1. The molecule has 22 heavy (non-hydrogen) atoms. The predicted octanol–water partition coefficient (Wildman–Crippen LogP) is 2.34. The number of halogens is 2. The van der Waals surface area contributed by atoms with Crippen LogP contribution in [0.1, 0.15) is 30.9 Å². The van der Waals surface area contributed by atoms with E-state index < -0.39 is 11.6 Å². The second kappa shape index (κ2) is 6.30. The van der Waals surface area contributed by atoms with Gasteiger partial charge in [-0.1, -0.05) is 6.07 Å². The summed E-state index contributed by atoms with van der Waals surface area (Å²) in [6.07, 6.45) is 2.32. The summed E-state index contributed by atoms with van der Waals surface area (Å²) in [6.45, 7) is 0.514. The number of hydrogen-bond donors (Lipinski definition) is 1. The highest BCUT2D eigenvalue weighted by molar-refractivity contribution is 5.76. The standard InChI is InChI=1S/C16H19F2NO3/c1-21-16(20)14(9-2-3-9)19-13-6-7-22-15(13)10-4-5-11(17)12(18)8-10/h4-5,8-9,13-15,19H,2-3,6-7H2,1H3/t13-,14?,15+/m1/s1. The van der Waals surface area contributed by atoms with Crippen molar-refractivity contribution in [2.75, 3.05) is 13.7 Å². The second-order valence-corrected chi connectivity index (χ2v) is 5.87. The van der Waals surface area contributed by atoms with Gasteiger partial charge in [0.1, 0.15) is 6.04 Å². The van der Waals surface area contributed by atoms with Gasteiger partial charge in [0.25, 0.3) is 0 Å². The van der Waals surface area contributed by atoms with Gasteiger partial charge < -0.3 is 9.47 Å². The molecule has 120 valence electrons. The van der Waals surface area contributed by atoms with Gasteiger partial charge in [0.15, 0.2) is 11.6 Å². The lowest BCUT2D eigenvalue weighted by Gasteiger charge is -2.25. The quantitative estimate of drug-likeness (QED) is 0.848. The zero-order valence-electron chi connectivity index (χ0n) is 12.4.